The molecule has 0 atom stereocenters. The van der Waals surface area contributed by atoms with Gasteiger partial charge in [-0.1, -0.05) is 29.4 Å². The summed E-state index contributed by atoms with van der Waals surface area (Å²) < 4.78 is 0. The van der Waals surface area contributed by atoms with Crippen molar-refractivity contribution in [2.24, 2.45) is 5.11 Å². The number of nitro benzene ring substituents is 1. The Morgan fingerprint density at radius 3 is 2.60 bits per heavy atom. The molecule has 2 N–H and O–H groups in total. The Morgan fingerprint density at radius 2 is 2.00 bits per heavy atom. The van der Waals surface area contributed by atoms with Crippen LogP contribution in [0.25, 0.3) is 10.4 Å². The van der Waals surface area contributed by atoms with E-state index in [9.17, 15) is 20.0 Å². The smallest absolute Gasteiger partial charge is 0.338 e. The van der Waals surface area contributed by atoms with E-state index in [2.05, 4.69) is 15.3 Å². The Hall–Kier alpha value is -3.58. The zero-order valence-electron chi connectivity index (χ0n) is 13.1. The molecule has 0 bridgehead atoms. The SMILES string of the molecule is [N-]=[N+]=Nc1ccc(CCCNc2ccc([N+](=O)[O-])cc2C(=O)O)cc1. The number of aryl methyl sites for hydroxylation is 1. The number of azide groups is 1. The van der Waals surface area contributed by atoms with Gasteiger partial charge in [0.1, 0.15) is 0 Å². The van der Waals surface area contributed by atoms with E-state index in [4.69, 9.17) is 5.53 Å². The van der Waals surface area contributed by atoms with E-state index in [1.807, 2.05) is 12.1 Å². The fourth-order valence-corrected chi connectivity index (χ4v) is 2.27. The summed E-state index contributed by atoms with van der Waals surface area (Å²) in [5.41, 5.74) is 9.90. The molecule has 0 aromatic heterocycles. The number of nitrogens with zero attached hydrogens (tertiary/aromatic N) is 4. The molecule has 0 spiro atoms. The van der Waals surface area contributed by atoms with E-state index in [1.54, 1.807) is 12.1 Å². The Kier molecular flexibility index (Phi) is 5.92. The minimum atomic E-state index is -1.22. The lowest BCUT2D eigenvalue weighted by Gasteiger charge is -2.09. The molecule has 9 heteroatoms. The van der Waals surface area contributed by atoms with Gasteiger partial charge in [-0.2, -0.15) is 0 Å². The fourth-order valence-electron chi connectivity index (χ4n) is 2.27. The van der Waals surface area contributed by atoms with Gasteiger partial charge < -0.3 is 10.4 Å². The maximum Gasteiger partial charge on any atom is 0.338 e. The average Bonchev–Trinajstić information content (AvgIpc) is 2.60. The zero-order valence-corrected chi connectivity index (χ0v) is 13.1. The average molecular weight is 341 g/mol. The Balaban J connectivity index is 1.94. The van der Waals surface area contributed by atoms with E-state index in [0.29, 0.717) is 17.9 Å². The van der Waals surface area contributed by atoms with Crippen LogP contribution in [0.15, 0.2) is 47.6 Å². The van der Waals surface area contributed by atoms with E-state index >= 15 is 0 Å². The number of rotatable bonds is 8. The standard InChI is InChI=1S/C16H15N5O4/c17-20-19-12-5-3-11(4-6-12)2-1-9-18-15-8-7-13(21(24)25)10-14(15)16(22)23/h3-8,10,18H,1-2,9H2,(H,22,23). The van der Waals surface area contributed by atoms with Crippen LogP contribution in [0.3, 0.4) is 0 Å². The van der Waals surface area contributed by atoms with Gasteiger partial charge in [0.05, 0.1) is 10.5 Å². The third-order valence-electron chi connectivity index (χ3n) is 3.50. The number of non-ortho nitro benzene ring substituents is 1. The van der Waals surface area contributed by atoms with Crippen molar-refractivity contribution in [2.75, 3.05) is 11.9 Å². The predicted molar refractivity (Wildman–Crippen MR) is 92.1 cm³/mol. The van der Waals surface area contributed by atoms with Gasteiger partial charge in [0.2, 0.25) is 0 Å². The maximum absolute atomic E-state index is 11.2. The van der Waals surface area contributed by atoms with Crippen molar-refractivity contribution in [3.8, 4) is 0 Å². The first kappa shape index (κ1) is 17.8. The second-order valence-corrected chi connectivity index (χ2v) is 5.18. The van der Waals surface area contributed by atoms with Crippen molar-refractivity contribution in [2.45, 2.75) is 12.8 Å². The van der Waals surface area contributed by atoms with Crippen molar-refractivity contribution in [3.63, 3.8) is 0 Å². The molecular formula is C16H15N5O4. The number of carboxylic acid groups (broad SMARTS) is 1. The van der Waals surface area contributed by atoms with E-state index in [1.165, 1.54) is 12.1 Å². The molecular weight excluding hydrogens is 326 g/mol. The summed E-state index contributed by atoms with van der Waals surface area (Å²) >= 11 is 0. The van der Waals surface area contributed by atoms with Crippen LogP contribution >= 0.6 is 0 Å². The Labute approximate surface area is 142 Å². The lowest BCUT2D eigenvalue weighted by atomic mass is 10.1. The Bertz CT molecular complexity index is 829. The molecule has 0 saturated carbocycles. The van der Waals surface area contributed by atoms with Crippen LogP contribution in [0.4, 0.5) is 17.1 Å². The van der Waals surface area contributed by atoms with Gasteiger partial charge in [-0.15, -0.1) is 0 Å². The van der Waals surface area contributed by atoms with E-state index in [0.717, 1.165) is 24.5 Å². The molecule has 2 rings (SSSR count). The quantitative estimate of drug-likeness (QED) is 0.184. The first-order chi connectivity index (χ1) is 12.0. The van der Waals surface area contributed by atoms with Crippen LogP contribution in [0, 0.1) is 10.1 Å². The summed E-state index contributed by atoms with van der Waals surface area (Å²) in [4.78, 5) is 24.1. The number of benzene rings is 2. The van der Waals surface area contributed by atoms with Gasteiger partial charge in [-0.3, -0.25) is 10.1 Å². The number of hydrogen-bond donors (Lipinski definition) is 2. The molecule has 0 aliphatic carbocycles. The second-order valence-electron chi connectivity index (χ2n) is 5.18. The number of nitrogens with one attached hydrogen (secondary N) is 1. The molecule has 0 unspecified atom stereocenters. The molecule has 0 aliphatic heterocycles. The maximum atomic E-state index is 11.2. The third-order valence-corrected chi connectivity index (χ3v) is 3.50. The molecule has 0 heterocycles. The lowest BCUT2D eigenvalue weighted by molar-refractivity contribution is -0.384. The minimum absolute atomic E-state index is 0.132. The minimum Gasteiger partial charge on any atom is -0.478 e. The normalized spacial score (nSPS) is 9.92. The largest absolute Gasteiger partial charge is 0.478 e. The summed E-state index contributed by atoms with van der Waals surface area (Å²) in [7, 11) is 0. The molecule has 2 aromatic rings. The summed E-state index contributed by atoms with van der Waals surface area (Å²) in [6.07, 6.45) is 1.48. The molecule has 0 radical (unpaired) electrons. The molecule has 25 heavy (non-hydrogen) atoms. The Morgan fingerprint density at radius 1 is 1.28 bits per heavy atom. The van der Waals surface area contributed by atoms with Gasteiger partial charge >= 0.3 is 5.97 Å². The number of carbonyl (C=O) groups is 1. The predicted octanol–water partition coefficient (Wildman–Crippen LogP) is 4.28. The van der Waals surface area contributed by atoms with Gasteiger partial charge in [0.25, 0.3) is 5.69 Å². The molecule has 128 valence electrons. The zero-order chi connectivity index (χ0) is 18.2. The number of carboxylic acids is 1. The van der Waals surface area contributed by atoms with Crippen LogP contribution < -0.4 is 5.32 Å². The summed E-state index contributed by atoms with van der Waals surface area (Å²) in [5, 5.41) is 26.4. The fraction of sp³-hybridized carbons (Fsp3) is 0.188. The van der Waals surface area contributed by atoms with Crippen molar-refractivity contribution in [1.29, 1.82) is 0 Å². The first-order valence-electron chi connectivity index (χ1n) is 7.41. The van der Waals surface area contributed by atoms with Gasteiger partial charge in [0, 0.05) is 35.0 Å². The van der Waals surface area contributed by atoms with Crippen molar-refractivity contribution in [1.82, 2.24) is 0 Å². The summed E-state index contributed by atoms with van der Waals surface area (Å²) in [6, 6.07) is 10.9. The third kappa shape index (κ3) is 4.95. The summed E-state index contributed by atoms with van der Waals surface area (Å²) in [6.45, 7) is 0.510. The van der Waals surface area contributed by atoms with Crippen LogP contribution in [-0.4, -0.2) is 22.5 Å². The number of nitro groups is 1. The highest BCUT2D eigenvalue weighted by atomic mass is 16.6. The van der Waals surface area contributed by atoms with Crippen LogP contribution in [0.1, 0.15) is 22.3 Å². The molecule has 9 nitrogen and oxygen atoms in total. The van der Waals surface area contributed by atoms with Crippen molar-refractivity contribution in [3.05, 3.63) is 74.1 Å². The topological polar surface area (TPSA) is 141 Å². The van der Waals surface area contributed by atoms with Gasteiger partial charge in [-0.05, 0) is 30.0 Å². The highest BCUT2D eigenvalue weighted by Gasteiger charge is 2.15. The molecule has 0 saturated heterocycles. The lowest BCUT2D eigenvalue weighted by Crippen LogP contribution is -2.09. The number of aromatic carboxylic acids is 1. The highest BCUT2D eigenvalue weighted by Crippen LogP contribution is 2.22. The van der Waals surface area contributed by atoms with E-state index < -0.39 is 10.9 Å². The highest BCUT2D eigenvalue weighted by molar-refractivity contribution is 5.95. The van der Waals surface area contributed by atoms with Crippen LogP contribution in [-0.2, 0) is 6.42 Å². The monoisotopic (exact) mass is 341 g/mol. The van der Waals surface area contributed by atoms with Gasteiger partial charge in [-0.25, -0.2) is 4.79 Å². The van der Waals surface area contributed by atoms with Gasteiger partial charge in [0.15, 0.2) is 0 Å². The number of hydrogen-bond acceptors (Lipinski definition) is 5. The summed E-state index contributed by atoms with van der Waals surface area (Å²) in [5.74, 6) is -1.22. The number of anilines is 1. The molecule has 0 amide bonds. The molecule has 2 aromatic carbocycles. The second kappa shape index (κ2) is 8.32. The van der Waals surface area contributed by atoms with Crippen LogP contribution in [0.5, 0.6) is 0 Å². The molecule has 0 aliphatic rings. The van der Waals surface area contributed by atoms with Crippen LogP contribution in [0.2, 0.25) is 0 Å². The van der Waals surface area contributed by atoms with Crippen molar-refractivity contribution >= 4 is 23.0 Å². The van der Waals surface area contributed by atoms with Crippen molar-refractivity contribution < 1.29 is 14.8 Å². The molecule has 0 fully saturated rings. The van der Waals surface area contributed by atoms with E-state index in [-0.39, 0.29) is 11.3 Å². The first-order valence-corrected chi connectivity index (χ1v) is 7.41.